The van der Waals surface area contributed by atoms with Gasteiger partial charge in [-0.25, -0.2) is 0 Å². The lowest BCUT2D eigenvalue weighted by Crippen LogP contribution is -2.06. The third kappa shape index (κ3) is 3.49. The quantitative estimate of drug-likeness (QED) is 0.898. The molecule has 82 valence electrons. The zero-order valence-electron chi connectivity index (χ0n) is 8.88. The van der Waals surface area contributed by atoms with Gasteiger partial charge in [0.2, 0.25) is 0 Å². The topological polar surface area (TPSA) is 24.9 Å². The van der Waals surface area contributed by atoms with Crippen LogP contribution in [0.4, 0.5) is 5.69 Å². The number of hydrogen-bond donors (Lipinski definition) is 1. The summed E-state index contributed by atoms with van der Waals surface area (Å²) >= 11 is 3.42. The maximum Gasteiger partial charge on any atom is 0.0538 e. The number of anilines is 1. The van der Waals surface area contributed by atoms with E-state index in [1.807, 2.05) is 12.4 Å². The van der Waals surface area contributed by atoms with Gasteiger partial charge in [0.25, 0.3) is 0 Å². The van der Waals surface area contributed by atoms with Crippen LogP contribution < -0.4 is 5.32 Å². The predicted octanol–water partition coefficient (Wildman–Crippen LogP) is 3.84. The van der Waals surface area contributed by atoms with Crippen LogP contribution in [-0.4, -0.2) is 11.5 Å². The van der Waals surface area contributed by atoms with Crippen LogP contribution in [0, 0.1) is 5.92 Å². The fourth-order valence-corrected chi connectivity index (χ4v) is 2.59. The van der Waals surface area contributed by atoms with Crippen molar-refractivity contribution in [3.8, 4) is 0 Å². The van der Waals surface area contributed by atoms with Crippen LogP contribution in [0.3, 0.4) is 0 Å². The van der Waals surface area contributed by atoms with Gasteiger partial charge in [-0.1, -0.05) is 25.7 Å². The summed E-state index contributed by atoms with van der Waals surface area (Å²) in [6, 6.07) is 2.07. The normalized spacial score (nSPS) is 16.9. The maximum absolute atomic E-state index is 4.13. The lowest BCUT2D eigenvalue weighted by atomic mass is 10.0. The third-order valence-electron chi connectivity index (χ3n) is 3.06. The van der Waals surface area contributed by atoms with E-state index in [0.29, 0.717) is 0 Å². The molecular formula is C12H17BrN2. The molecule has 0 saturated heterocycles. The second kappa shape index (κ2) is 5.50. The molecule has 1 saturated carbocycles. The lowest BCUT2D eigenvalue weighted by molar-refractivity contribution is 0.518. The van der Waals surface area contributed by atoms with Crippen molar-refractivity contribution in [1.82, 2.24) is 4.98 Å². The van der Waals surface area contributed by atoms with Gasteiger partial charge in [0.05, 0.1) is 11.9 Å². The summed E-state index contributed by atoms with van der Waals surface area (Å²) in [5.74, 6) is 0.956. The van der Waals surface area contributed by atoms with Crippen molar-refractivity contribution in [2.45, 2.75) is 32.1 Å². The van der Waals surface area contributed by atoms with E-state index >= 15 is 0 Å². The summed E-state index contributed by atoms with van der Waals surface area (Å²) in [6.45, 7) is 1.07. The zero-order valence-corrected chi connectivity index (χ0v) is 10.5. The monoisotopic (exact) mass is 268 g/mol. The van der Waals surface area contributed by atoms with E-state index in [1.165, 1.54) is 32.1 Å². The highest BCUT2D eigenvalue weighted by atomic mass is 79.9. The molecule has 1 aromatic heterocycles. The fraction of sp³-hybridized carbons (Fsp3) is 0.583. The standard InChI is InChI=1S/C12H17BrN2/c13-11-7-12(9-14-8-11)15-6-5-10-3-1-2-4-10/h7-10,15H,1-6H2. The van der Waals surface area contributed by atoms with Gasteiger partial charge in [0, 0.05) is 17.2 Å². The molecule has 1 heterocycles. The first kappa shape index (κ1) is 10.9. The van der Waals surface area contributed by atoms with Crippen molar-refractivity contribution in [2.75, 3.05) is 11.9 Å². The van der Waals surface area contributed by atoms with Crippen molar-refractivity contribution < 1.29 is 0 Å². The average Bonchev–Trinajstić information content (AvgIpc) is 2.71. The Bertz CT molecular complexity index is 308. The Hall–Kier alpha value is -0.570. The highest BCUT2D eigenvalue weighted by Gasteiger charge is 2.13. The Balaban J connectivity index is 1.73. The smallest absolute Gasteiger partial charge is 0.0538 e. The molecule has 0 bridgehead atoms. The lowest BCUT2D eigenvalue weighted by Gasteiger charge is -2.10. The Morgan fingerprint density at radius 3 is 2.87 bits per heavy atom. The van der Waals surface area contributed by atoms with Gasteiger partial charge in [0.1, 0.15) is 0 Å². The Kier molecular flexibility index (Phi) is 4.01. The first-order valence-corrected chi connectivity index (χ1v) is 6.48. The number of pyridine rings is 1. The summed E-state index contributed by atoms with van der Waals surface area (Å²) in [5.41, 5.74) is 1.11. The molecule has 0 spiro atoms. The van der Waals surface area contributed by atoms with Crippen LogP contribution in [0.1, 0.15) is 32.1 Å². The molecule has 0 unspecified atom stereocenters. The number of nitrogens with one attached hydrogen (secondary N) is 1. The van der Waals surface area contributed by atoms with Crippen molar-refractivity contribution in [3.63, 3.8) is 0 Å². The molecule has 1 aromatic rings. The van der Waals surface area contributed by atoms with Crippen LogP contribution in [0.25, 0.3) is 0 Å². The van der Waals surface area contributed by atoms with E-state index in [-0.39, 0.29) is 0 Å². The van der Waals surface area contributed by atoms with E-state index in [9.17, 15) is 0 Å². The second-order valence-electron chi connectivity index (χ2n) is 4.26. The fourth-order valence-electron chi connectivity index (χ4n) is 2.23. The molecule has 1 N–H and O–H groups in total. The molecule has 0 aliphatic heterocycles. The van der Waals surface area contributed by atoms with Crippen LogP contribution in [0.5, 0.6) is 0 Å². The van der Waals surface area contributed by atoms with Crippen LogP contribution in [0.2, 0.25) is 0 Å². The van der Waals surface area contributed by atoms with Crippen LogP contribution >= 0.6 is 15.9 Å². The second-order valence-corrected chi connectivity index (χ2v) is 5.17. The summed E-state index contributed by atoms with van der Waals surface area (Å²) in [7, 11) is 0. The first-order chi connectivity index (χ1) is 7.34. The van der Waals surface area contributed by atoms with Crippen molar-refractivity contribution in [3.05, 3.63) is 22.9 Å². The highest BCUT2D eigenvalue weighted by molar-refractivity contribution is 9.10. The Morgan fingerprint density at radius 2 is 2.13 bits per heavy atom. The molecule has 1 aliphatic carbocycles. The van der Waals surface area contributed by atoms with E-state index in [1.54, 1.807) is 0 Å². The predicted molar refractivity (Wildman–Crippen MR) is 67.0 cm³/mol. The van der Waals surface area contributed by atoms with E-state index in [4.69, 9.17) is 0 Å². The molecule has 1 fully saturated rings. The largest absolute Gasteiger partial charge is 0.384 e. The minimum Gasteiger partial charge on any atom is -0.384 e. The molecule has 2 rings (SSSR count). The molecule has 3 heteroatoms. The van der Waals surface area contributed by atoms with Gasteiger partial charge < -0.3 is 5.32 Å². The average molecular weight is 269 g/mol. The molecular weight excluding hydrogens is 252 g/mol. The number of aromatic nitrogens is 1. The third-order valence-corrected chi connectivity index (χ3v) is 3.50. The van der Waals surface area contributed by atoms with Crippen molar-refractivity contribution >= 4 is 21.6 Å². The summed E-state index contributed by atoms with van der Waals surface area (Å²) in [5, 5.41) is 3.42. The van der Waals surface area contributed by atoms with Crippen LogP contribution in [-0.2, 0) is 0 Å². The summed E-state index contributed by atoms with van der Waals surface area (Å²) < 4.78 is 1.04. The molecule has 0 amide bonds. The van der Waals surface area contributed by atoms with Gasteiger partial charge >= 0.3 is 0 Å². The van der Waals surface area contributed by atoms with Gasteiger partial charge in [-0.3, -0.25) is 4.98 Å². The van der Waals surface area contributed by atoms with E-state index < -0.39 is 0 Å². The van der Waals surface area contributed by atoms with Gasteiger partial charge in [-0.2, -0.15) is 0 Å². The number of nitrogens with zero attached hydrogens (tertiary/aromatic N) is 1. The van der Waals surface area contributed by atoms with Crippen LogP contribution in [0.15, 0.2) is 22.9 Å². The highest BCUT2D eigenvalue weighted by Crippen LogP contribution is 2.27. The first-order valence-electron chi connectivity index (χ1n) is 5.69. The zero-order chi connectivity index (χ0) is 10.5. The SMILES string of the molecule is Brc1cncc(NCCC2CCCC2)c1. The minimum atomic E-state index is 0.956. The van der Waals surface area contributed by atoms with Gasteiger partial charge in [-0.15, -0.1) is 0 Å². The van der Waals surface area contributed by atoms with E-state index in [0.717, 1.165) is 22.6 Å². The number of hydrogen-bond acceptors (Lipinski definition) is 2. The molecule has 0 radical (unpaired) electrons. The number of halogens is 1. The van der Waals surface area contributed by atoms with Crippen molar-refractivity contribution in [2.24, 2.45) is 5.92 Å². The number of rotatable bonds is 4. The van der Waals surface area contributed by atoms with Gasteiger partial charge in [-0.05, 0) is 34.3 Å². The molecule has 2 nitrogen and oxygen atoms in total. The van der Waals surface area contributed by atoms with Crippen molar-refractivity contribution in [1.29, 1.82) is 0 Å². The minimum absolute atomic E-state index is 0.956. The summed E-state index contributed by atoms with van der Waals surface area (Å²) in [6.07, 6.45) is 10.7. The molecule has 0 aromatic carbocycles. The maximum atomic E-state index is 4.13. The van der Waals surface area contributed by atoms with E-state index in [2.05, 4.69) is 32.3 Å². The molecule has 15 heavy (non-hydrogen) atoms. The van der Waals surface area contributed by atoms with Gasteiger partial charge in [0.15, 0.2) is 0 Å². The Morgan fingerprint density at radius 1 is 1.33 bits per heavy atom. The molecule has 1 aliphatic rings. The molecule has 0 atom stereocenters. The summed E-state index contributed by atoms with van der Waals surface area (Å²) in [4.78, 5) is 4.13. The Labute approximate surface area is 99.6 Å².